The van der Waals surface area contributed by atoms with Gasteiger partial charge in [0, 0.05) is 5.69 Å². The van der Waals surface area contributed by atoms with Gasteiger partial charge >= 0.3 is 6.18 Å². The zero-order valence-electron chi connectivity index (χ0n) is 10.1. The van der Waals surface area contributed by atoms with Gasteiger partial charge in [-0.1, -0.05) is 0 Å². The summed E-state index contributed by atoms with van der Waals surface area (Å²) in [5.74, 6) is 0. The molecule has 0 aliphatic heterocycles. The molecule has 0 unspecified atom stereocenters. The van der Waals surface area contributed by atoms with E-state index in [1.54, 1.807) is 24.3 Å². The highest BCUT2D eigenvalue weighted by atomic mass is 19.4. The molecule has 2 rings (SSSR count). The predicted molar refractivity (Wildman–Crippen MR) is 68.1 cm³/mol. The summed E-state index contributed by atoms with van der Waals surface area (Å²) < 4.78 is 37.7. The van der Waals surface area contributed by atoms with E-state index in [9.17, 15) is 13.2 Å². The van der Waals surface area contributed by atoms with Gasteiger partial charge < -0.3 is 11.1 Å². The third kappa shape index (κ3) is 2.98. The number of aromatic nitrogens is 1. The van der Waals surface area contributed by atoms with Crippen molar-refractivity contribution >= 4 is 17.1 Å². The third-order valence-electron chi connectivity index (χ3n) is 2.52. The smallest absolute Gasteiger partial charge is 0.396 e. The van der Waals surface area contributed by atoms with Gasteiger partial charge in [-0.2, -0.15) is 18.4 Å². The van der Waals surface area contributed by atoms with Crippen LogP contribution in [0.25, 0.3) is 0 Å². The van der Waals surface area contributed by atoms with Gasteiger partial charge in [0.2, 0.25) is 0 Å². The highest BCUT2D eigenvalue weighted by Gasteiger charge is 2.32. The van der Waals surface area contributed by atoms with E-state index in [1.165, 1.54) is 0 Å². The SMILES string of the molecule is N#Cc1ccc(Nc2cc(C(F)(F)F)ncc2N)cc1. The van der Waals surface area contributed by atoms with Crippen molar-refractivity contribution in [3.8, 4) is 6.07 Å². The molecule has 0 saturated heterocycles. The predicted octanol–water partition coefficient (Wildman–Crippen LogP) is 3.30. The van der Waals surface area contributed by atoms with Gasteiger partial charge in [0.05, 0.1) is 29.2 Å². The van der Waals surface area contributed by atoms with Crippen LogP contribution in [0.1, 0.15) is 11.3 Å². The molecule has 1 heterocycles. The molecular formula is C13H9F3N4. The summed E-state index contributed by atoms with van der Waals surface area (Å²) in [6, 6.07) is 9.03. The van der Waals surface area contributed by atoms with Crippen LogP contribution in [-0.4, -0.2) is 4.98 Å². The van der Waals surface area contributed by atoms with Gasteiger partial charge in [-0.3, -0.25) is 0 Å². The van der Waals surface area contributed by atoms with Crippen molar-refractivity contribution in [2.75, 3.05) is 11.1 Å². The van der Waals surface area contributed by atoms with E-state index in [0.717, 1.165) is 12.3 Å². The molecule has 7 heteroatoms. The summed E-state index contributed by atoms with van der Waals surface area (Å²) in [5.41, 5.74) is 5.75. The first kappa shape index (κ1) is 13.7. The number of hydrogen-bond acceptors (Lipinski definition) is 4. The largest absolute Gasteiger partial charge is 0.433 e. The zero-order chi connectivity index (χ0) is 14.8. The molecule has 0 aliphatic rings. The molecule has 0 amide bonds. The van der Waals surface area contributed by atoms with Crippen molar-refractivity contribution in [2.45, 2.75) is 6.18 Å². The second kappa shape index (κ2) is 5.09. The van der Waals surface area contributed by atoms with Crippen LogP contribution < -0.4 is 11.1 Å². The number of anilines is 3. The molecule has 1 aromatic carbocycles. The third-order valence-corrected chi connectivity index (χ3v) is 2.52. The van der Waals surface area contributed by atoms with Gasteiger partial charge in [-0.15, -0.1) is 0 Å². The minimum atomic E-state index is -4.53. The molecule has 0 aliphatic carbocycles. The first-order chi connectivity index (χ1) is 9.40. The Labute approximate surface area is 112 Å². The molecular weight excluding hydrogens is 269 g/mol. The average molecular weight is 278 g/mol. The Morgan fingerprint density at radius 2 is 1.85 bits per heavy atom. The fourth-order valence-corrected chi connectivity index (χ4v) is 1.51. The van der Waals surface area contributed by atoms with Crippen molar-refractivity contribution < 1.29 is 13.2 Å². The normalized spacial score (nSPS) is 10.9. The second-order valence-electron chi connectivity index (χ2n) is 3.97. The lowest BCUT2D eigenvalue weighted by molar-refractivity contribution is -0.141. The number of rotatable bonds is 2. The maximum atomic E-state index is 12.6. The van der Waals surface area contributed by atoms with E-state index in [-0.39, 0.29) is 11.4 Å². The average Bonchev–Trinajstić information content (AvgIpc) is 2.41. The number of nitrogens with one attached hydrogen (secondary N) is 1. The Morgan fingerprint density at radius 1 is 1.20 bits per heavy atom. The molecule has 0 saturated carbocycles. The van der Waals surface area contributed by atoms with Crippen LogP contribution in [0.5, 0.6) is 0 Å². The number of nitrogens with zero attached hydrogens (tertiary/aromatic N) is 2. The number of hydrogen-bond donors (Lipinski definition) is 2. The van der Waals surface area contributed by atoms with Crippen LogP contribution in [0.4, 0.5) is 30.2 Å². The van der Waals surface area contributed by atoms with Crippen molar-refractivity contribution in [1.29, 1.82) is 5.26 Å². The summed E-state index contributed by atoms with van der Waals surface area (Å²) in [5, 5.41) is 11.4. The van der Waals surface area contributed by atoms with E-state index < -0.39 is 11.9 Å². The van der Waals surface area contributed by atoms with Crippen molar-refractivity contribution in [1.82, 2.24) is 4.98 Å². The quantitative estimate of drug-likeness (QED) is 0.883. The van der Waals surface area contributed by atoms with E-state index >= 15 is 0 Å². The number of nitrogens with two attached hydrogens (primary N) is 1. The van der Waals surface area contributed by atoms with Crippen molar-refractivity contribution in [3.05, 3.63) is 47.8 Å². The topological polar surface area (TPSA) is 74.7 Å². The second-order valence-corrected chi connectivity index (χ2v) is 3.97. The van der Waals surface area contributed by atoms with Gasteiger partial charge in [-0.05, 0) is 30.3 Å². The molecule has 0 atom stereocenters. The fraction of sp³-hybridized carbons (Fsp3) is 0.0769. The Kier molecular flexibility index (Phi) is 3.48. The maximum Gasteiger partial charge on any atom is 0.433 e. The van der Waals surface area contributed by atoms with E-state index in [4.69, 9.17) is 11.0 Å². The molecule has 0 fully saturated rings. The summed E-state index contributed by atoms with van der Waals surface area (Å²) in [4.78, 5) is 3.25. The van der Waals surface area contributed by atoms with Crippen LogP contribution in [-0.2, 0) is 6.18 Å². The minimum Gasteiger partial charge on any atom is -0.396 e. The molecule has 0 bridgehead atoms. The van der Waals surface area contributed by atoms with Crippen molar-refractivity contribution in [2.24, 2.45) is 0 Å². The van der Waals surface area contributed by atoms with Gasteiger partial charge in [-0.25, -0.2) is 4.98 Å². The standard InChI is InChI=1S/C13H9F3N4/c14-13(15,16)12-5-11(10(18)7-19-12)20-9-3-1-8(6-17)2-4-9/h1-5,7H,18H2,(H,19,20). The lowest BCUT2D eigenvalue weighted by atomic mass is 10.2. The van der Waals surface area contributed by atoms with E-state index in [2.05, 4.69) is 10.3 Å². The van der Waals surface area contributed by atoms with Gasteiger partial charge in [0.15, 0.2) is 0 Å². The molecule has 4 nitrogen and oxygen atoms in total. The molecule has 1 aromatic heterocycles. The first-order valence-corrected chi connectivity index (χ1v) is 5.50. The summed E-state index contributed by atoms with van der Waals surface area (Å²) in [7, 11) is 0. The molecule has 2 aromatic rings. The molecule has 0 radical (unpaired) electrons. The van der Waals surface area contributed by atoms with Crippen LogP contribution in [0, 0.1) is 11.3 Å². The van der Waals surface area contributed by atoms with Crippen LogP contribution in [0.2, 0.25) is 0 Å². The molecule has 3 N–H and O–H groups in total. The lowest BCUT2D eigenvalue weighted by Crippen LogP contribution is -2.09. The van der Waals surface area contributed by atoms with Crippen LogP contribution >= 0.6 is 0 Å². The number of benzene rings is 1. The summed E-state index contributed by atoms with van der Waals surface area (Å²) in [6.07, 6.45) is -3.58. The number of nitrogen functional groups attached to an aromatic ring is 1. The highest BCUT2D eigenvalue weighted by molar-refractivity contribution is 5.72. The Bertz CT molecular complexity index is 657. The van der Waals surface area contributed by atoms with E-state index in [1.807, 2.05) is 6.07 Å². The Hall–Kier alpha value is -2.75. The minimum absolute atomic E-state index is 0.0994. The highest BCUT2D eigenvalue weighted by Crippen LogP contribution is 2.32. The Morgan fingerprint density at radius 3 is 2.40 bits per heavy atom. The van der Waals surface area contributed by atoms with Gasteiger partial charge in [0.1, 0.15) is 5.69 Å². The lowest BCUT2D eigenvalue weighted by Gasteiger charge is -2.12. The van der Waals surface area contributed by atoms with E-state index in [0.29, 0.717) is 11.3 Å². The molecule has 0 spiro atoms. The fourth-order valence-electron chi connectivity index (χ4n) is 1.51. The summed E-state index contributed by atoms with van der Waals surface area (Å²) >= 11 is 0. The summed E-state index contributed by atoms with van der Waals surface area (Å²) in [6.45, 7) is 0. The number of alkyl halides is 3. The monoisotopic (exact) mass is 278 g/mol. The van der Waals surface area contributed by atoms with Gasteiger partial charge in [0.25, 0.3) is 0 Å². The van der Waals surface area contributed by atoms with Crippen molar-refractivity contribution in [3.63, 3.8) is 0 Å². The maximum absolute atomic E-state index is 12.6. The number of nitriles is 1. The molecule has 102 valence electrons. The molecule has 20 heavy (non-hydrogen) atoms. The zero-order valence-corrected chi connectivity index (χ0v) is 10.1. The number of halogens is 3. The van der Waals surface area contributed by atoms with Crippen LogP contribution in [0.15, 0.2) is 36.5 Å². The number of pyridine rings is 1. The van der Waals surface area contributed by atoms with Crippen LogP contribution in [0.3, 0.4) is 0 Å². The first-order valence-electron chi connectivity index (χ1n) is 5.50. The Balaban J connectivity index is 2.30.